The summed E-state index contributed by atoms with van der Waals surface area (Å²) in [5, 5.41) is 6.27. The molecule has 0 saturated heterocycles. The average molecular weight is 262 g/mol. The van der Waals surface area contributed by atoms with Gasteiger partial charge in [-0.3, -0.25) is 4.79 Å². The molecule has 1 aromatic carbocycles. The Morgan fingerprint density at radius 2 is 2.00 bits per heavy atom. The highest BCUT2D eigenvalue weighted by Crippen LogP contribution is 2.18. The summed E-state index contributed by atoms with van der Waals surface area (Å²) < 4.78 is 0. The predicted molar refractivity (Wildman–Crippen MR) is 82.5 cm³/mol. The van der Waals surface area contributed by atoms with Crippen molar-refractivity contribution in [1.29, 1.82) is 0 Å². The van der Waals surface area contributed by atoms with Crippen LogP contribution in [0.3, 0.4) is 0 Å². The Morgan fingerprint density at radius 1 is 1.26 bits per heavy atom. The Balaban J connectivity index is 2.49. The molecule has 1 amide bonds. The fourth-order valence-electron chi connectivity index (χ4n) is 2.12. The van der Waals surface area contributed by atoms with Gasteiger partial charge < -0.3 is 10.6 Å². The van der Waals surface area contributed by atoms with E-state index in [2.05, 4.69) is 24.5 Å². The smallest absolute Gasteiger partial charge is 0.221 e. The number of anilines is 2. The second-order valence-electron chi connectivity index (χ2n) is 5.06. The first-order valence-corrected chi connectivity index (χ1v) is 7.27. The average Bonchev–Trinajstić information content (AvgIpc) is 2.38. The van der Waals surface area contributed by atoms with Gasteiger partial charge in [0.1, 0.15) is 0 Å². The Kier molecular flexibility index (Phi) is 7.01. The van der Waals surface area contributed by atoms with Gasteiger partial charge in [0.25, 0.3) is 0 Å². The third kappa shape index (κ3) is 6.27. The Bertz CT molecular complexity index is 390. The minimum atomic E-state index is -0.0356. The minimum Gasteiger partial charge on any atom is -0.385 e. The number of carbonyl (C=O) groups excluding carboxylic acids is 1. The first-order chi connectivity index (χ1) is 9.15. The summed E-state index contributed by atoms with van der Waals surface area (Å²) in [4.78, 5) is 11.0. The van der Waals surface area contributed by atoms with Crippen molar-refractivity contribution in [3.63, 3.8) is 0 Å². The van der Waals surface area contributed by atoms with Crippen molar-refractivity contribution in [2.45, 2.75) is 46.5 Å². The van der Waals surface area contributed by atoms with Crippen molar-refractivity contribution in [3.05, 3.63) is 24.3 Å². The molecule has 106 valence electrons. The molecule has 0 bridgehead atoms. The summed E-state index contributed by atoms with van der Waals surface area (Å²) in [6.07, 6.45) is 5.05. The number of amides is 1. The third-order valence-electron chi connectivity index (χ3n) is 3.32. The molecule has 0 fully saturated rings. The lowest BCUT2D eigenvalue weighted by Crippen LogP contribution is -2.14. The molecule has 0 radical (unpaired) electrons. The fourth-order valence-corrected chi connectivity index (χ4v) is 2.12. The van der Waals surface area contributed by atoms with Crippen LogP contribution in [-0.4, -0.2) is 12.5 Å². The molecule has 0 saturated carbocycles. The van der Waals surface area contributed by atoms with Gasteiger partial charge in [-0.1, -0.05) is 39.2 Å². The quantitative estimate of drug-likeness (QED) is 0.734. The normalized spacial score (nSPS) is 11.9. The lowest BCUT2D eigenvalue weighted by Gasteiger charge is -2.16. The first kappa shape index (κ1) is 15.5. The molecule has 3 nitrogen and oxygen atoms in total. The summed E-state index contributed by atoms with van der Waals surface area (Å²) >= 11 is 0. The number of rotatable bonds is 8. The van der Waals surface area contributed by atoms with Crippen LogP contribution in [0, 0.1) is 5.92 Å². The second kappa shape index (κ2) is 8.57. The monoisotopic (exact) mass is 262 g/mol. The van der Waals surface area contributed by atoms with E-state index in [4.69, 9.17) is 0 Å². The molecule has 1 unspecified atom stereocenters. The molecule has 1 atom stereocenters. The summed E-state index contributed by atoms with van der Waals surface area (Å²) in [5.41, 5.74) is 1.92. The lowest BCUT2D eigenvalue weighted by atomic mass is 9.99. The number of nitrogens with one attached hydrogen (secondary N) is 2. The highest BCUT2D eigenvalue weighted by Gasteiger charge is 2.05. The number of hydrogen-bond acceptors (Lipinski definition) is 2. The first-order valence-electron chi connectivity index (χ1n) is 7.27. The van der Waals surface area contributed by atoms with Gasteiger partial charge in [0.15, 0.2) is 0 Å². The zero-order valence-corrected chi connectivity index (χ0v) is 12.3. The molecule has 0 aliphatic rings. The van der Waals surface area contributed by atoms with Crippen LogP contribution in [0.1, 0.15) is 46.5 Å². The van der Waals surface area contributed by atoms with Crippen molar-refractivity contribution >= 4 is 17.3 Å². The van der Waals surface area contributed by atoms with E-state index >= 15 is 0 Å². The van der Waals surface area contributed by atoms with Crippen LogP contribution >= 0.6 is 0 Å². The van der Waals surface area contributed by atoms with E-state index in [1.54, 1.807) is 0 Å². The van der Waals surface area contributed by atoms with Gasteiger partial charge in [0, 0.05) is 24.8 Å². The molecule has 1 rings (SSSR count). The van der Waals surface area contributed by atoms with Gasteiger partial charge in [0.2, 0.25) is 5.91 Å². The maximum Gasteiger partial charge on any atom is 0.221 e. The van der Waals surface area contributed by atoms with E-state index in [-0.39, 0.29) is 5.91 Å². The molecule has 3 heteroatoms. The van der Waals surface area contributed by atoms with Crippen molar-refractivity contribution in [1.82, 2.24) is 0 Å². The lowest BCUT2D eigenvalue weighted by molar-refractivity contribution is -0.114. The summed E-state index contributed by atoms with van der Waals surface area (Å²) in [6.45, 7) is 7.00. The third-order valence-corrected chi connectivity index (χ3v) is 3.32. The molecule has 0 aliphatic carbocycles. The van der Waals surface area contributed by atoms with Gasteiger partial charge in [-0.05, 0) is 30.5 Å². The summed E-state index contributed by atoms with van der Waals surface area (Å²) in [7, 11) is 0. The number of unbranched alkanes of at least 4 members (excludes halogenated alkanes) is 1. The van der Waals surface area contributed by atoms with Crippen molar-refractivity contribution in [2.75, 3.05) is 17.2 Å². The van der Waals surface area contributed by atoms with E-state index in [1.165, 1.54) is 32.6 Å². The van der Waals surface area contributed by atoms with Crippen molar-refractivity contribution < 1.29 is 4.79 Å². The van der Waals surface area contributed by atoms with Gasteiger partial charge in [-0.15, -0.1) is 0 Å². The Hall–Kier alpha value is -1.51. The van der Waals surface area contributed by atoms with Crippen LogP contribution in [0.15, 0.2) is 24.3 Å². The maximum atomic E-state index is 11.0. The maximum absolute atomic E-state index is 11.0. The number of hydrogen-bond donors (Lipinski definition) is 2. The number of carbonyl (C=O) groups is 1. The molecule has 0 aliphatic heterocycles. The van der Waals surface area contributed by atoms with Crippen LogP contribution in [0.2, 0.25) is 0 Å². The van der Waals surface area contributed by atoms with Crippen LogP contribution in [0.25, 0.3) is 0 Å². The van der Waals surface area contributed by atoms with Gasteiger partial charge in [-0.25, -0.2) is 0 Å². The Labute approximate surface area is 116 Å². The van der Waals surface area contributed by atoms with Gasteiger partial charge in [0.05, 0.1) is 0 Å². The standard InChI is InChI=1S/C16H26N2O/c1-4-6-8-14(5-2)12-17-15-9-7-10-16(11-15)18-13(3)19/h7,9-11,14,17H,4-6,8,12H2,1-3H3,(H,18,19). The topological polar surface area (TPSA) is 41.1 Å². The SMILES string of the molecule is CCCCC(CC)CNc1cccc(NC(C)=O)c1. The van der Waals surface area contributed by atoms with Crippen LogP contribution in [0.4, 0.5) is 11.4 Å². The molecule has 19 heavy (non-hydrogen) atoms. The predicted octanol–water partition coefficient (Wildman–Crippen LogP) is 4.27. The van der Waals surface area contributed by atoms with Crippen molar-refractivity contribution in [2.24, 2.45) is 5.92 Å². The molecular formula is C16H26N2O. The minimum absolute atomic E-state index is 0.0356. The highest BCUT2D eigenvalue weighted by atomic mass is 16.1. The largest absolute Gasteiger partial charge is 0.385 e. The molecule has 2 N–H and O–H groups in total. The molecule has 0 heterocycles. The van der Waals surface area contributed by atoms with E-state index < -0.39 is 0 Å². The zero-order chi connectivity index (χ0) is 14.1. The molecule has 0 aromatic heterocycles. The van der Waals surface area contributed by atoms with E-state index in [0.717, 1.165) is 23.8 Å². The van der Waals surface area contributed by atoms with Gasteiger partial charge >= 0.3 is 0 Å². The summed E-state index contributed by atoms with van der Waals surface area (Å²) in [6, 6.07) is 7.88. The van der Waals surface area contributed by atoms with E-state index in [0.29, 0.717) is 0 Å². The highest BCUT2D eigenvalue weighted by molar-refractivity contribution is 5.89. The van der Waals surface area contributed by atoms with Gasteiger partial charge in [-0.2, -0.15) is 0 Å². The van der Waals surface area contributed by atoms with Crippen LogP contribution < -0.4 is 10.6 Å². The van der Waals surface area contributed by atoms with E-state index in [1.807, 2.05) is 24.3 Å². The molecule has 0 spiro atoms. The number of benzene rings is 1. The molecular weight excluding hydrogens is 236 g/mol. The summed E-state index contributed by atoms with van der Waals surface area (Å²) in [5.74, 6) is 0.691. The fraction of sp³-hybridized carbons (Fsp3) is 0.562. The van der Waals surface area contributed by atoms with Crippen molar-refractivity contribution in [3.8, 4) is 0 Å². The van der Waals surface area contributed by atoms with Crippen LogP contribution in [0.5, 0.6) is 0 Å². The Morgan fingerprint density at radius 3 is 2.63 bits per heavy atom. The second-order valence-corrected chi connectivity index (χ2v) is 5.06. The van der Waals surface area contributed by atoms with E-state index in [9.17, 15) is 4.79 Å². The van der Waals surface area contributed by atoms with Crippen LogP contribution in [-0.2, 0) is 4.79 Å². The zero-order valence-electron chi connectivity index (χ0n) is 12.3. The molecule has 1 aromatic rings.